The molecule has 1 fully saturated rings. The Kier molecular flexibility index (Phi) is 10.4. The Morgan fingerprint density at radius 3 is 2.40 bits per heavy atom. The molecule has 3 aromatic rings. The van der Waals surface area contributed by atoms with Crippen LogP contribution in [0.15, 0.2) is 73.1 Å². The van der Waals surface area contributed by atoms with Gasteiger partial charge in [-0.15, -0.1) is 0 Å². The molecule has 1 aromatic heterocycles. The minimum absolute atomic E-state index is 0.104. The number of nitrogens with zero attached hydrogens (tertiary/aromatic N) is 3. The Morgan fingerprint density at radius 2 is 1.74 bits per heavy atom. The fourth-order valence-corrected chi connectivity index (χ4v) is 5.51. The summed E-state index contributed by atoms with van der Waals surface area (Å²) in [6.45, 7) is 11.1. The first-order chi connectivity index (χ1) is 20.5. The molecule has 1 aliphatic rings. The standard InChI is InChI=1S/C35H45FN4O3/c1-6-25(2)32(41)37-31(35(3,4)5)34(43)40-20-10-13-30(40)24-39(21-18-26-14-16-28(36)17-15-26)33(42)27-19-22-38(23-27)29-11-8-7-9-12-29/h7-9,11-12,14-17,19,22-23,25,30-31H,6,10,13,18,20-21,24H2,1-5H3,(H,37,41)/t25-,30+,31-/m1/s1. The fourth-order valence-electron chi connectivity index (χ4n) is 5.51. The second-order valence-electron chi connectivity index (χ2n) is 12.7. The van der Waals surface area contributed by atoms with Gasteiger partial charge < -0.3 is 19.7 Å². The molecule has 2 heterocycles. The third kappa shape index (κ3) is 8.12. The van der Waals surface area contributed by atoms with Crippen LogP contribution >= 0.6 is 0 Å². The lowest BCUT2D eigenvalue weighted by atomic mass is 9.85. The number of rotatable bonds is 11. The van der Waals surface area contributed by atoms with Gasteiger partial charge in [0.25, 0.3) is 5.91 Å². The van der Waals surface area contributed by atoms with Gasteiger partial charge in [0.2, 0.25) is 11.8 Å². The summed E-state index contributed by atoms with van der Waals surface area (Å²) in [5.41, 5.74) is 1.97. The lowest BCUT2D eigenvalue weighted by Crippen LogP contribution is -2.57. The molecule has 3 atom stereocenters. The van der Waals surface area contributed by atoms with Crippen LogP contribution < -0.4 is 5.32 Å². The average Bonchev–Trinajstić information content (AvgIpc) is 3.68. The SMILES string of the molecule is CC[C@@H](C)C(=O)N[C@H](C(=O)N1CCC[C@H]1CN(CCc1ccc(F)cc1)C(=O)c1ccn(-c2ccccc2)c1)C(C)(C)C. The highest BCUT2D eigenvalue weighted by Gasteiger charge is 2.40. The van der Waals surface area contributed by atoms with Crippen LogP contribution in [0.25, 0.3) is 5.69 Å². The molecule has 0 aliphatic carbocycles. The summed E-state index contributed by atoms with van der Waals surface area (Å²) in [6, 6.07) is 17.1. The van der Waals surface area contributed by atoms with E-state index in [2.05, 4.69) is 5.32 Å². The van der Waals surface area contributed by atoms with Crippen molar-refractivity contribution in [3.8, 4) is 5.69 Å². The largest absolute Gasteiger partial charge is 0.344 e. The van der Waals surface area contributed by atoms with Crippen molar-refractivity contribution in [1.29, 1.82) is 0 Å². The zero-order chi connectivity index (χ0) is 31.1. The van der Waals surface area contributed by atoms with Gasteiger partial charge in [0.05, 0.1) is 5.56 Å². The maximum atomic E-state index is 14.0. The van der Waals surface area contributed by atoms with Crippen molar-refractivity contribution < 1.29 is 18.8 Å². The second-order valence-corrected chi connectivity index (χ2v) is 12.7. The highest BCUT2D eigenvalue weighted by Crippen LogP contribution is 2.27. The molecule has 0 spiro atoms. The van der Waals surface area contributed by atoms with Gasteiger partial charge >= 0.3 is 0 Å². The van der Waals surface area contributed by atoms with Crippen LogP contribution in [0.5, 0.6) is 0 Å². The summed E-state index contributed by atoms with van der Waals surface area (Å²) in [4.78, 5) is 44.5. The van der Waals surface area contributed by atoms with Crippen molar-refractivity contribution >= 4 is 17.7 Å². The molecule has 0 saturated carbocycles. The number of aromatic nitrogens is 1. The third-order valence-corrected chi connectivity index (χ3v) is 8.42. The number of amides is 3. The van der Waals surface area contributed by atoms with Crippen LogP contribution in [0, 0.1) is 17.2 Å². The number of likely N-dealkylation sites (tertiary alicyclic amines) is 1. The van der Waals surface area contributed by atoms with Crippen molar-refractivity contribution in [2.24, 2.45) is 11.3 Å². The van der Waals surface area contributed by atoms with E-state index in [1.165, 1.54) is 12.1 Å². The molecule has 4 rings (SSSR count). The number of nitrogens with one attached hydrogen (secondary N) is 1. The van der Waals surface area contributed by atoms with Crippen molar-refractivity contribution in [3.63, 3.8) is 0 Å². The quantitative estimate of drug-likeness (QED) is 0.305. The number of benzene rings is 2. The molecule has 1 saturated heterocycles. The molecule has 43 heavy (non-hydrogen) atoms. The summed E-state index contributed by atoms with van der Waals surface area (Å²) in [5, 5.41) is 3.03. The third-order valence-electron chi connectivity index (χ3n) is 8.42. The smallest absolute Gasteiger partial charge is 0.255 e. The van der Waals surface area contributed by atoms with Crippen molar-refractivity contribution in [2.45, 2.75) is 72.4 Å². The van der Waals surface area contributed by atoms with Gasteiger partial charge in [0.15, 0.2) is 0 Å². The van der Waals surface area contributed by atoms with E-state index in [-0.39, 0.29) is 35.5 Å². The molecule has 1 aliphatic heterocycles. The highest BCUT2D eigenvalue weighted by atomic mass is 19.1. The highest BCUT2D eigenvalue weighted by molar-refractivity contribution is 5.94. The van der Waals surface area contributed by atoms with E-state index >= 15 is 0 Å². The molecule has 1 N–H and O–H groups in total. The molecule has 0 radical (unpaired) electrons. The van der Waals surface area contributed by atoms with Crippen LogP contribution in [0.1, 0.15) is 69.8 Å². The molecule has 0 bridgehead atoms. The van der Waals surface area contributed by atoms with Crippen LogP contribution in [0.4, 0.5) is 4.39 Å². The van der Waals surface area contributed by atoms with E-state index in [4.69, 9.17) is 0 Å². The van der Waals surface area contributed by atoms with Crippen LogP contribution in [0.3, 0.4) is 0 Å². The monoisotopic (exact) mass is 588 g/mol. The maximum absolute atomic E-state index is 14.0. The van der Waals surface area contributed by atoms with Gasteiger partial charge in [-0.05, 0) is 67.0 Å². The van der Waals surface area contributed by atoms with Crippen molar-refractivity contribution in [3.05, 3.63) is 90.0 Å². The Morgan fingerprint density at radius 1 is 1.05 bits per heavy atom. The minimum atomic E-state index is -0.669. The normalized spacial score (nSPS) is 16.5. The fraction of sp³-hybridized carbons (Fsp3) is 0.457. The summed E-state index contributed by atoms with van der Waals surface area (Å²) >= 11 is 0. The topological polar surface area (TPSA) is 74.7 Å². The molecular weight excluding hydrogens is 543 g/mol. The van der Waals surface area contributed by atoms with Gasteiger partial charge in [-0.1, -0.05) is 65.0 Å². The molecule has 7 nitrogen and oxygen atoms in total. The second kappa shape index (κ2) is 14.0. The Labute approximate surface area is 255 Å². The van der Waals surface area contributed by atoms with Gasteiger partial charge in [0.1, 0.15) is 11.9 Å². The van der Waals surface area contributed by atoms with E-state index in [0.29, 0.717) is 38.0 Å². The number of carbonyl (C=O) groups excluding carboxylic acids is 3. The zero-order valence-corrected chi connectivity index (χ0v) is 26.1. The Bertz CT molecular complexity index is 1380. The van der Waals surface area contributed by atoms with E-state index < -0.39 is 11.5 Å². The van der Waals surface area contributed by atoms with E-state index in [1.807, 2.05) is 97.8 Å². The number of hydrogen-bond donors (Lipinski definition) is 1. The molecule has 2 aromatic carbocycles. The van der Waals surface area contributed by atoms with Gasteiger partial charge in [-0.3, -0.25) is 14.4 Å². The van der Waals surface area contributed by atoms with Crippen LogP contribution in [0.2, 0.25) is 0 Å². The lowest BCUT2D eigenvalue weighted by molar-refractivity contribution is -0.141. The zero-order valence-electron chi connectivity index (χ0n) is 26.1. The Balaban J connectivity index is 1.56. The first kappa shape index (κ1) is 32.0. The molecule has 0 unspecified atom stereocenters. The van der Waals surface area contributed by atoms with E-state index in [9.17, 15) is 18.8 Å². The van der Waals surface area contributed by atoms with Crippen LogP contribution in [-0.2, 0) is 16.0 Å². The average molecular weight is 589 g/mol. The maximum Gasteiger partial charge on any atom is 0.255 e. The summed E-state index contributed by atoms with van der Waals surface area (Å²) in [5.74, 6) is -0.824. The lowest BCUT2D eigenvalue weighted by Gasteiger charge is -2.37. The molecule has 3 amide bonds. The van der Waals surface area contributed by atoms with E-state index in [1.54, 1.807) is 12.1 Å². The predicted octanol–water partition coefficient (Wildman–Crippen LogP) is 5.87. The van der Waals surface area contributed by atoms with Crippen LogP contribution in [-0.4, -0.2) is 63.8 Å². The summed E-state index contributed by atoms with van der Waals surface area (Å²) < 4.78 is 15.4. The Hall–Kier alpha value is -3.94. The van der Waals surface area contributed by atoms with Gasteiger partial charge in [0, 0.05) is 49.7 Å². The van der Waals surface area contributed by atoms with Gasteiger partial charge in [-0.2, -0.15) is 0 Å². The van der Waals surface area contributed by atoms with Crippen molar-refractivity contribution in [2.75, 3.05) is 19.6 Å². The summed E-state index contributed by atoms with van der Waals surface area (Å²) in [7, 11) is 0. The van der Waals surface area contributed by atoms with E-state index in [0.717, 1.165) is 24.1 Å². The number of hydrogen-bond acceptors (Lipinski definition) is 3. The van der Waals surface area contributed by atoms with Gasteiger partial charge in [-0.25, -0.2) is 4.39 Å². The first-order valence-electron chi connectivity index (χ1n) is 15.4. The number of carbonyl (C=O) groups is 3. The number of halogens is 1. The minimum Gasteiger partial charge on any atom is -0.344 e. The number of para-hydroxylation sites is 1. The predicted molar refractivity (Wildman–Crippen MR) is 167 cm³/mol. The molecule has 8 heteroatoms. The molecular formula is C35H45FN4O3. The summed E-state index contributed by atoms with van der Waals surface area (Å²) in [6.07, 6.45) is 6.56. The first-order valence-corrected chi connectivity index (χ1v) is 15.4. The molecule has 230 valence electrons. The van der Waals surface area contributed by atoms with Crippen molar-refractivity contribution in [1.82, 2.24) is 19.7 Å².